The zero-order chi connectivity index (χ0) is 26.9. The number of nitrogens with zero attached hydrogens (tertiary/aromatic N) is 6. The van der Waals surface area contributed by atoms with Crippen LogP contribution in [0.25, 0.3) is 16.9 Å². The number of aromatic nitrogens is 5. The van der Waals surface area contributed by atoms with Gasteiger partial charge < -0.3 is 14.2 Å². The fourth-order valence-corrected chi connectivity index (χ4v) is 5.25. The van der Waals surface area contributed by atoms with Crippen molar-refractivity contribution in [3.8, 4) is 22.7 Å². The molecular weight excluding hydrogens is 476 g/mol. The lowest BCUT2D eigenvalue weighted by atomic mass is 9.76. The fourth-order valence-electron chi connectivity index (χ4n) is 5.25. The van der Waals surface area contributed by atoms with Crippen molar-refractivity contribution in [3.05, 3.63) is 78.5 Å². The molecule has 2 atom stereocenters. The Hall–Kier alpha value is -3.94. The van der Waals surface area contributed by atoms with E-state index in [0.29, 0.717) is 23.9 Å². The van der Waals surface area contributed by atoms with E-state index in [0.717, 1.165) is 41.9 Å². The molecule has 0 saturated carbocycles. The first-order valence-corrected chi connectivity index (χ1v) is 13.2. The Balaban J connectivity index is 1.45. The summed E-state index contributed by atoms with van der Waals surface area (Å²) in [6.07, 6.45) is 7.32. The van der Waals surface area contributed by atoms with Gasteiger partial charge in [-0.2, -0.15) is 0 Å². The molecule has 3 heterocycles. The van der Waals surface area contributed by atoms with Crippen LogP contribution in [0.3, 0.4) is 0 Å². The lowest BCUT2D eigenvalue weighted by Gasteiger charge is -2.30. The summed E-state index contributed by atoms with van der Waals surface area (Å²) in [4.78, 5) is 20.2. The highest BCUT2D eigenvalue weighted by Crippen LogP contribution is 2.39. The van der Waals surface area contributed by atoms with Crippen LogP contribution in [-0.4, -0.2) is 49.0 Å². The van der Waals surface area contributed by atoms with Gasteiger partial charge in [0.15, 0.2) is 0 Å². The van der Waals surface area contributed by atoms with Gasteiger partial charge in [-0.15, -0.1) is 5.10 Å². The second kappa shape index (κ2) is 10.4. The number of aryl methyl sites for hydroxylation is 1. The molecule has 0 bridgehead atoms. The molecule has 1 aliphatic heterocycles. The molecule has 2 aromatic heterocycles. The predicted octanol–water partition coefficient (Wildman–Crippen LogP) is 5.47. The van der Waals surface area contributed by atoms with Crippen LogP contribution >= 0.6 is 0 Å². The maximum atomic E-state index is 13.9. The number of hydrogen-bond donors (Lipinski definition) is 0. The van der Waals surface area contributed by atoms with Crippen molar-refractivity contribution in [1.82, 2.24) is 29.4 Å². The van der Waals surface area contributed by atoms with Gasteiger partial charge in [0.2, 0.25) is 5.91 Å². The monoisotopic (exact) mass is 512 g/mol. The average Bonchev–Trinajstić information content (AvgIpc) is 3.53. The van der Waals surface area contributed by atoms with Crippen molar-refractivity contribution in [2.45, 2.75) is 53.1 Å². The third-order valence-corrected chi connectivity index (χ3v) is 7.59. The van der Waals surface area contributed by atoms with Crippen LogP contribution in [0.15, 0.2) is 67.3 Å². The first-order valence-electron chi connectivity index (χ1n) is 13.2. The number of likely N-dealkylation sites (tertiary alicyclic amines) is 1. The number of rotatable bonds is 6. The van der Waals surface area contributed by atoms with E-state index in [1.54, 1.807) is 18.1 Å². The van der Waals surface area contributed by atoms with Crippen LogP contribution in [0, 0.1) is 18.3 Å². The van der Waals surface area contributed by atoms with Crippen LogP contribution in [-0.2, 0) is 11.3 Å². The summed E-state index contributed by atoms with van der Waals surface area (Å²) >= 11 is 0. The molecule has 1 saturated heterocycles. The predicted molar refractivity (Wildman–Crippen MR) is 147 cm³/mol. The van der Waals surface area contributed by atoms with E-state index in [4.69, 9.17) is 4.74 Å². The van der Waals surface area contributed by atoms with E-state index in [9.17, 15) is 4.79 Å². The Bertz CT molecular complexity index is 1400. The van der Waals surface area contributed by atoms with Gasteiger partial charge in [0.1, 0.15) is 17.5 Å². The van der Waals surface area contributed by atoms with Gasteiger partial charge in [0.25, 0.3) is 0 Å². The van der Waals surface area contributed by atoms with Crippen molar-refractivity contribution < 1.29 is 9.53 Å². The quantitative estimate of drug-likeness (QED) is 0.342. The fraction of sp³-hybridized carbons (Fsp3) is 0.400. The summed E-state index contributed by atoms with van der Waals surface area (Å²) in [6, 6.07) is 15.7. The minimum atomic E-state index is -0.401. The molecule has 198 valence electrons. The van der Waals surface area contributed by atoms with Gasteiger partial charge in [-0.3, -0.25) is 4.79 Å². The number of carbonyl (C=O) groups excluding carboxylic acids is 1. The van der Waals surface area contributed by atoms with Crippen molar-refractivity contribution in [1.29, 1.82) is 0 Å². The Labute approximate surface area is 224 Å². The summed E-state index contributed by atoms with van der Waals surface area (Å²) in [5.74, 6) is 1.19. The molecule has 8 heteroatoms. The van der Waals surface area contributed by atoms with Gasteiger partial charge in [-0.05, 0) is 48.8 Å². The molecule has 0 N–H and O–H groups in total. The lowest BCUT2D eigenvalue weighted by Crippen LogP contribution is -2.36. The van der Waals surface area contributed by atoms with Crippen LogP contribution in [0.1, 0.15) is 50.9 Å². The van der Waals surface area contributed by atoms with Gasteiger partial charge >= 0.3 is 0 Å². The molecule has 8 nitrogen and oxygen atoms in total. The number of methoxy groups -OCH3 is 1. The van der Waals surface area contributed by atoms with Crippen molar-refractivity contribution in [2.75, 3.05) is 13.7 Å². The molecule has 1 aliphatic rings. The number of imidazole rings is 1. The van der Waals surface area contributed by atoms with Gasteiger partial charge in [0.05, 0.1) is 31.0 Å². The molecule has 2 aromatic carbocycles. The molecule has 5 rings (SSSR count). The Morgan fingerprint density at radius 3 is 2.55 bits per heavy atom. The van der Waals surface area contributed by atoms with Crippen LogP contribution in [0.2, 0.25) is 0 Å². The largest absolute Gasteiger partial charge is 0.495 e. The zero-order valence-corrected chi connectivity index (χ0v) is 22.8. The highest BCUT2D eigenvalue weighted by Gasteiger charge is 2.37. The van der Waals surface area contributed by atoms with Gasteiger partial charge in [-0.25, -0.2) is 9.67 Å². The van der Waals surface area contributed by atoms with Gasteiger partial charge in [0, 0.05) is 24.8 Å². The first kappa shape index (κ1) is 25.7. The molecule has 0 spiro atoms. The number of carbonyl (C=O) groups is 1. The highest BCUT2D eigenvalue weighted by atomic mass is 16.5. The maximum Gasteiger partial charge on any atom is 0.247 e. The smallest absolute Gasteiger partial charge is 0.247 e. The normalized spacial score (nSPS) is 18.4. The summed E-state index contributed by atoms with van der Waals surface area (Å²) in [5, 5.41) is 8.94. The highest BCUT2D eigenvalue weighted by molar-refractivity contribution is 5.81. The van der Waals surface area contributed by atoms with E-state index < -0.39 is 6.04 Å². The van der Waals surface area contributed by atoms with Crippen molar-refractivity contribution in [3.63, 3.8) is 0 Å². The number of benzene rings is 2. The van der Waals surface area contributed by atoms with E-state index in [1.165, 1.54) is 0 Å². The summed E-state index contributed by atoms with van der Waals surface area (Å²) < 4.78 is 9.39. The number of hydrogen-bond acceptors (Lipinski definition) is 5. The molecule has 38 heavy (non-hydrogen) atoms. The summed E-state index contributed by atoms with van der Waals surface area (Å²) in [6.45, 7) is 10.1. The maximum absolute atomic E-state index is 13.9. The van der Waals surface area contributed by atoms with E-state index in [-0.39, 0.29) is 11.3 Å². The van der Waals surface area contributed by atoms with Crippen LogP contribution in [0.5, 0.6) is 5.75 Å². The molecule has 1 fully saturated rings. The minimum Gasteiger partial charge on any atom is -0.495 e. The molecule has 0 radical (unpaired) electrons. The SMILES string of the molecule is COc1cc(-c2cn([C@H]3C[C@@H](C(C)(C)C)CCN(Cc4ccccc4)C3=O)nn2)ccc1-n1cnc(C)c1. The standard InChI is InChI=1S/C30H36N6O2/c1-21-17-35(20-31-21)26-12-11-23(15-28(26)38-5)25-19-36(33-32-25)27-16-24(30(2,3)4)13-14-34(29(27)37)18-22-9-7-6-8-10-22/h6-12,15,17,19-20,24,27H,13-14,16,18H2,1-5H3/t24-,27-/m0/s1. The van der Waals surface area contributed by atoms with Gasteiger partial charge in [-0.1, -0.05) is 62.4 Å². The van der Waals surface area contributed by atoms with E-state index in [1.807, 2.05) is 65.2 Å². The molecular formula is C30H36N6O2. The molecule has 0 aliphatic carbocycles. The van der Waals surface area contributed by atoms with Crippen LogP contribution < -0.4 is 4.74 Å². The lowest BCUT2D eigenvalue weighted by molar-refractivity contribution is -0.135. The second-order valence-corrected chi connectivity index (χ2v) is 11.2. The summed E-state index contributed by atoms with van der Waals surface area (Å²) in [7, 11) is 1.65. The Kier molecular flexibility index (Phi) is 7.06. The Morgan fingerprint density at radius 2 is 1.87 bits per heavy atom. The average molecular weight is 513 g/mol. The molecule has 1 amide bonds. The third-order valence-electron chi connectivity index (χ3n) is 7.59. The number of amides is 1. The molecule has 4 aromatic rings. The topological polar surface area (TPSA) is 78.1 Å². The van der Waals surface area contributed by atoms with E-state index >= 15 is 0 Å². The zero-order valence-electron chi connectivity index (χ0n) is 22.8. The second-order valence-electron chi connectivity index (χ2n) is 11.2. The summed E-state index contributed by atoms with van der Waals surface area (Å²) in [5.41, 5.74) is 4.63. The minimum absolute atomic E-state index is 0.0829. The Morgan fingerprint density at radius 1 is 1.08 bits per heavy atom. The third kappa shape index (κ3) is 5.35. The van der Waals surface area contributed by atoms with E-state index in [2.05, 4.69) is 48.2 Å². The van der Waals surface area contributed by atoms with Crippen LogP contribution in [0.4, 0.5) is 0 Å². The van der Waals surface area contributed by atoms with Crippen molar-refractivity contribution in [2.24, 2.45) is 11.3 Å². The van der Waals surface area contributed by atoms with Crippen molar-refractivity contribution >= 4 is 5.91 Å². The molecule has 0 unspecified atom stereocenters. The first-order chi connectivity index (χ1) is 18.2. The number of ether oxygens (including phenoxy) is 1.